The SMILES string of the molecule is CNc1ccc(O)c2c1C(=O)c1c(O)ccc(N(C)C)c1C2=O. The number of carbonyl (C=O) groups is 2. The number of nitrogens with one attached hydrogen (secondary N) is 1. The third kappa shape index (κ3) is 1.95. The quantitative estimate of drug-likeness (QED) is 0.627. The summed E-state index contributed by atoms with van der Waals surface area (Å²) in [6.07, 6.45) is 0. The first-order chi connectivity index (χ1) is 10.9. The summed E-state index contributed by atoms with van der Waals surface area (Å²) in [4.78, 5) is 27.5. The third-order valence-electron chi connectivity index (χ3n) is 4.00. The van der Waals surface area contributed by atoms with Crippen LogP contribution in [0.25, 0.3) is 0 Å². The predicted octanol–water partition coefficient (Wildman–Crippen LogP) is 1.98. The molecule has 0 radical (unpaired) electrons. The largest absolute Gasteiger partial charge is 0.507 e. The maximum Gasteiger partial charge on any atom is 0.200 e. The Labute approximate surface area is 133 Å². The molecule has 3 rings (SSSR count). The zero-order valence-corrected chi connectivity index (χ0v) is 13.0. The molecule has 3 N–H and O–H groups in total. The second kappa shape index (κ2) is 5.01. The molecule has 0 unspecified atom stereocenters. The second-order valence-electron chi connectivity index (χ2n) is 5.54. The number of fused-ring (bicyclic) bond motifs is 2. The minimum atomic E-state index is -0.490. The van der Waals surface area contributed by atoms with Gasteiger partial charge in [-0.3, -0.25) is 9.59 Å². The number of hydrogen-bond donors (Lipinski definition) is 3. The van der Waals surface area contributed by atoms with E-state index in [-0.39, 0.29) is 33.8 Å². The molecule has 0 amide bonds. The Kier molecular flexibility index (Phi) is 3.25. The minimum Gasteiger partial charge on any atom is -0.507 e. The zero-order valence-electron chi connectivity index (χ0n) is 13.0. The maximum absolute atomic E-state index is 12.9. The summed E-state index contributed by atoms with van der Waals surface area (Å²) >= 11 is 0. The highest BCUT2D eigenvalue weighted by atomic mass is 16.3. The van der Waals surface area contributed by atoms with Crippen LogP contribution in [0.4, 0.5) is 11.4 Å². The molecule has 0 aromatic heterocycles. The topological polar surface area (TPSA) is 89.9 Å². The van der Waals surface area contributed by atoms with Crippen LogP contribution in [0, 0.1) is 0 Å². The van der Waals surface area contributed by atoms with Crippen molar-refractivity contribution in [3.63, 3.8) is 0 Å². The van der Waals surface area contributed by atoms with Gasteiger partial charge in [0.1, 0.15) is 11.5 Å². The number of carbonyl (C=O) groups excluding carboxylic acids is 2. The van der Waals surface area contributed by atoms with Gasteiger partial charge in [0.2, 0.25) is 11.6 Å². The van der Waals surface area contributed by atoms with Crippen LogP contribution in [0.5, 0.6) is 11.5 Å². The lowest BCUT2D eigenvalue weighted by Crippen LogP contribution is -2.25. The lowest BCUT2D eigenvalue weighted by molar-refractivity contribution is 0.0975. The number of aromatic hydroxyl groups is 2. The smallest absolute Gasteiger partial charge is 0.200 e. The first kappa shape index (κ1) is 14.9. The molecular weight excluding hydrogens is 296 g/mol. The van der Waals surface area contributed by atoms with Crippen molar-refractivity contribution in [2.45, 2.75) is 0 Å². The molecule has 0 fully saturated rings. The molecule has 0 aliphatic heterocycles. The van der Waals surface area contributed by atoms with Crippen LogP contribution in [-0.4, -0.2) is 42.9 Å². The molecule has 6 heteroatoms. The normalized spacial score (nSPS) is 12.7. The van der Waals surface area contributed by atoms with Crippen molar-refractivity contribution >= 4 is 22.9 Å². The first-order valence-electron chi connectivity index (χ1n) is 7.04. The molecule has 0 saturated carbocycles. The number of phenolic OH excluding ortho intramolecular Hbond substituents is 2. The Morgan fingerprint density at radius 1 is 0.826 bits per heavy atom. The van der Waals surface area contributed by atoms with E-state index < -0.39 is 11.6 Å². The minimum absolute atomic E-state index is 0.0317. The average molecular weight is 312 g/mol. The van der Waals surface area contributed by atoms with Crippen LogP contribution in [0.3, 0.4) is 0 Å². The second-order valence-corrected chi connectivity index (χ2v) is 5.54. The number of phenols is 2. The van der Waals surface area contributed by atoms with Gasteiger partial charge in [0.15, 0.2) is 0 Å². The Morgan fingerprint density at radius 3 is 1.91 bits per heavy atom. The molecule has 23 heavy (non-hydrogen) atoms. The summed E-state index contributed by atoms with van der Waals surface area (Å²) in [6.45, 7) is 0. The van der Waals surface area contributed by atoms with E-state index in [0.717, 1.165) is 0 Å². The zero-order chi connectivity index (χ0) is 16.9. The van der Waals surface area contributed by atoms with Crippen molar-refractivity contribution in [1.82, 2.24) is 0 Å². The molecule has 0 spiro atoms. The monoisotopic (exact) mass is 312 g/mol. The van der Waals surface area contributed by atoms with Crippen LogP contribution in [-0.2, 0) is 0 Å². The summed E-state index contributed by atoms with van der Waals surface area (Å²) in [7, 11) is 5.10. The molecule has 0 heterocycles. The summed E-state index contributed by atoms with van der Waals surface area (Å²) in [5, 5.41) is 23.1. The van der Waals surface area contributed by atoms with Crippen LogP contribution in [0.2, 0.25) is 0 Å². The Balaban J connectivity index is 2.43. The van der Waals surface area contributed by atoms with Gasteiger partial charge < -0.3 is 20.4 Å². The Bertz CT molecular complexity index is 856. The Hall–Kier alpha value is -3.02. The van der Waals surface area contributed by atoms with Gasteiger partial charge in [0, 0.05) is 32.5 Å². The molecule has 1 aliphatic carbocycles. The number of benzene rings is 2. The molecule has 1 aliphatic rings. The van der Waals surface area contributed by atoms with Crippen molar-refractivity contribution in [2.24, 2.45) is 0 Å². The highest BCUT2D eigenvalue weighted by molar-refractivity contribution is 6.33. The third-order valence-corrected chi connectivity index (χ3v) is 4.00. The van der Waals surface area contributed by atoms with Crippen molar-refractivity contribution in [2.75, 3.05) is 31.4 Å². The lowest BCUT2D eigenvalue weighted by atomic mass is 9.81. The lowest BCUT2D eigenvalue weighted by Gasteiger charge is -2.25. The van der Waals surface area contributed by atoms with E-state index in [1.165, 1.54) is 18.2 Å². The fourth-order valence-corrected chi connectivity index (χ4v) is 2.93. The number of anilines is 2. The van der Waals surface area contributed by atoms with E-state index in [4.69, 9.17) is 0 Å². The first-order valence-corrected chi connectivity index (χ1v) is 7.04. The Morgan fingerprint density at radius 2 is 1.35 bits per heavy atom. The van der Waals surface area contributed by atoms with E-state index in [9.17, 15) is 19.8 Å². The molecule has 6 nitrogen and oxygen atoms in total. The summed E-state index contributed by atoms with van der Waals surface area (Å²) in [5.74, 6) is -1.48. The van der Waals surface area contributed by atoms with Crippen molar-refractivity contribution in [3.8, 4) is 11.5 Å². The van der Waals surface area contributed by atoms with E-state index >= 15 is 0 Å². The molecule has 2 aromatic carbocycles. The van der Waals surface area contributed by atoms with Crippen molar-refractivity contribution in [1.29, 1.82) is 0 Å². The van der Waals surface area contributed by atoms with Gasteiger partial charge in [0.25, 0.3) is 0 Å². The van der Waals surface area contributed by atoms with Crippen molar-refractivity contribution < 1.29 is 19.8 Å². The fourth-order valence-electron chi connectivity index (χ4n) is 2.93. The van der Waals surface area contributed by atoms with Gasteiger partial charge in [-0.2, -0.15) is 0 Å². The average Bonchev–Trinajstić information content (AvgIpc) is 2.51. The summed E-state index contributed by atoms with van der Waals surface area (Å²) in [6, 6.07) is 5.87. The van der Waals surface area contributed by atoms with Gasteiger partial charge in [0.05, 0.1) is 22.3 Å². The van der Waals surface area contributed by atoms with Crippen LogP contribution >= 0.6 is 0 Å². The van der Waals surface area contributed by atoms with Gasteiger partial charge >= 0.3 is 0 Å². The van der Waals surface area contributed by atoms with E-state index in [1.807, 2.05) is 0 Å². The molecular formula is C17H16N2O4. The number of nitrogens with zero attached hydrogens (tertiary/aromatic N) is 1. The molecule has 118 valence electrons. The molecule has 0 bridgehead atoms. The van der Waals surface area contributed by atoms with Gasteiger partial charge in [-0.05, 0) is 24.3 Å². The van der Waals surface area contributed by atoms with E-state index in [1.54, 1.807) is 32.1 Å². The highest BCUT2D eigenvalue weighted by Crippen LogP contribution is 2.42. The van der Waals surface area contributed by atoms with Gasteiger partial charge in [-0.1, -0.05) is 0 Å². The maximum atomic E-state index is 12.9. The molecule has 2 aromatic rings. The van der Waals surface area contributed by atoms with E-state index in [2.05, 4.69) is 5.32 Å². The van der Waals surface area contributed by atoms with E-state index in [0.29, 0.717) is 11.4 Å². The predicted molar refractivity (Wildman–Crippen MR) is 87.0 cm³/mol. The number of rotatable bonds is 2. The van der Waals surface area contributed by atoms with Crippen LogP contribution in [0.1, 0.15) is 31.8 Å². The fraction of sp³-hybridized carbons (Fsp3) is 0.176. The highest BCUT2D eigenvalue weighted by Gasteiger charge is 2.38. The standard InChI is InChI=1S/C17H16N2O4/c1-18-8-4-6-10(20)14-12(8)16(22)15-11(21)7-5-9(19(2)3)13(15)17(14)23/h4-7,18,20-21H,1-3H3. The van der Waals surface area contributed by atoms with Gasteiger partial charge in [-0.25, -0.2) is 0 Å². The van der Waals surface area contributed by atoms with Gasteiger partial charge in [-0.15, -0.1) is 0 Å². The molecule has 0 atom stereocenters. The molecule has 0 saturated heterocycles. The summed E-state index contributed by atoms with van der Waals surface area (Å²) < 4.78 is 0. The van der Waals surface area contributed by atoms with Crippen LogP contribution < -0.4 is 10.2 Å². The number of ketones is 2. The summed E-state index contributed by atoms with van der Waals surface area (Å²) in [5.41, 5.74) is 1.05. The van der Waals surface area contributed by atoms with Crippen LogP contribution in [0.15, 0.2) is 24.3 Å². The van der Waals surface area contributed by atoms with Crippen molar-refractivity contribution in [3.05, 3.63) is 46.5 Å². The number of hydrogen-bond acceptors (Lipinski definition) is 6.